The van der Waals surface area contributed by atoms with Gasteiger partial charge in [0.1, 0.15) is 6.33 Å². The zero-order chi connectivity index (χ0) is 9.80. The van der Waals surface area contributed by atoms with Crippen molar-refractivity contribution in [2.75, 3.05) is 13.2 Å². The molecule has 0 aliphatic carbocycles. The molecule has 2 N–H and O–H groups in total. The maximum atomic E-state index is 11.5. The van der Waals surface area contributed by atoms with Crippen molar-refractivity contribution in [2.24, 2.45) is 0 Å². The normalized spacial score (nSPS) is 18.0. The number of aromatic nitrogens is 3. The number of amides is 1. The van der Waals surface area contributed by atoms with Gasteiger partial charge in [-0.25, -0.2) is 4.98 Å². The van der Waals surface area contributed by atoms with Crippen molar-refractivity contribution in [2.45, 2.75) is 18.9 Å². The molecule has 76 valence electrons. The summed E-state index contributed by atoms with van der Waals surface area (Å²) in [4.78, 5) is 15.3. The molecular formula is C8H12N4O2. The third-order valence-corrected chi connectivity index (χ3v) is 2.19. The number of H-pyrrole nitrogens is 1. The molecule has 0 bridgehead atoms. The average Bonchev–Trinajstić information content (AvgIpc) is 2.72. The Labute approximate surface area is 81.1 Å². The van der Waals surface area contributed by atoms with E-state index in [4.69, 9.17) is 4.74 Å². The van der Waals surface area contributed by atoms with Crippen molar-refractivity contribution in [3.63, 3.8) is 0 Å². The lowest BCUT2D eigenvalue weighted by molar-refractivity contribution is 0.0692. The molecule has 1 aromatic rings. The van der Waals surface area contributed by atoms with Crippen LogP contribution in [-0.2, 0) is 4.74 Å². The Bertz CT molecular complexity index is 292. The standard InChI is InChI=1S/C8H12N4O2/c13-8(7-9-5-10-12-7)11-6-1-3-14-4-2-6/h5-6H,1-4H2,(H,11,13)(H,9,10,12). The molecule has 14 heavy (non-hydrogen) atoms. The van der Waals surface area contributed by atoms with Crippen molar-refractivity contribution < 1.29 is 9.53 Å². The fourth-order valence-electron chi connectivity index (χ4n) is 1.41. The van der Waals surface area contributed by atoms with Gasteiger partial charge < -0.3 is 10.1 Å². The first kappa shape index (κ1) is 9.14. The number of nitrogens with zero attached hydrogens (tertiary/aromatic N) is 2. The molecule has 1 aliphatic rings. The molecule has 0 atom stereocenters. The molecule has 1 amide bonds. The summed E-state index contributed by atoms with van der Waals surface area (Å²) < 4.78 is 5.18. The summed E-state index contributed by atoms with van der Waals surface area (Å²) in [7, 11) is 0. The Hall–Kier alpha value is -1.43. The molecule has 0 radical (unpaired) electrons. The van der Waals surface area contributed by atoms with E-state index in [2.05, 4.69) is 20.5 Å². The van der Waals surface area contributed by atoms with Gasteiger partial charge in [-0.2, -0.15) is 5.10 Å². The molecule has 2 heterocycles. The largest absolute Gasteiger partial charge is 0.381 e. The number of carbonyl (C=O) groups excluding carboxylic acids is 1. The van der Waals surface area contributed by atoms with Gasteiger partial charge in [0, 0.05) is 19.3 Å². The minimum atomic E-state index is -0.200. The van der Waals surface area contributed by atoms with Crippen LogP contribution in [0.4, 0.5) is 0 Å². The van der Waals surface area contributed by atoms with Gasteiger partial charge in [0.25, 0.3) is 5.91 Å². The first-order valence-corrected chi connectivity index (χ1v) is 4.60. The van der Waals surface area contributed by atoms with Crippen molar-refractivity contribution in [3.8, 4) is 0 Å². The Morgan fingerprint density at radius 3 is 3.00 bits per heavy atom. The number of rotatable bonds is 2. The van der Waals surface area contributed by atoms with Gasteiger partial charge in [-0.15, -0.1) is 0 Å². The molecule has 1 aromatic heterocycles. The SMILES string of the molecule is O=C(NC1CCOCC1)c1ncn[nH]1. The third kappa shape index (κ3) is 2.08. The fraction of sp³-hybridized carbons (Fsp3) is 0.625. The van der Waals surface area contributed by atoms with Gasteiger partial charge in [-0.3, -0.25) is 9.89 Å². The smallest absolute Gasteiger partial charge is 0.288 e. The van der Waals surface area contributed by atoms with Crippen LogP contribution in [0.2, 0.25) is 0 Å². The topological polar surface area (TPSA) is 79.9 Å². The lowest BCUT2D eigenvalue weighted by Crippen LogP contribution is -2.39. The number of ether oxygens (including phenoxy) is 1. The van der Waals surface area contributed by atoms with Gasteiger partial charge in [-0.05, 0) is 12.8 Å². The van der Waals surface area contributed by atoms with Crippen LogP contribution in [0.25, 0.3) is 0 Å². The molecule has 1 fully saturated rings. The highest BCUT2D eigenvalue weighted by atomic mass is 16.5. The molecule has 6 heteroatoms. The predicted molar refractivity (Wildman–Crippen MR) is 47.7 cm³/mol. The average molecular weight is 196 g/mol. The minimum Gasteiger partial charge on any atom is -0.381 e. The minimum absolute atomic E-state index is 0.196. The Morgan fingerprint density at radius 1 is 1.57 bits per heavy atom. The fourth-order valence-corrected chi connectivity index (χ4v) is 1.41. The lowest BCUT2D eigenvalue weighted by atomic mass is 10.1. The molecule has 1 aliphatic heterocycles. The highest BCUT2D eigenvalue weighted by molar-refractivity contribution is 5.90. The van der Waals surface area contributed by atoms with E-state index >= 15 is 0 Å². The van der Waals surface area contributed by atoms with E-state index in [1.807, 2.05) is 0 Å². The first-order chi connectivity index (χ1) is 6.86. The van der Waals surface area contributed by atoms with Gasteiger partial charge >= 0.3 is 0 Å². The van der Waals surface area contributed by atoms with Crippen LogP contribution in [0.3, 0.4) is 0 Å². The van der Waals surface area contributed by atoms with Crippen molar-refractivity contribution in [3.05, 3.63) is 12.2 Å². The van der Waals surface area contributed by atoms with Crippen molar-refractivity contribution in [1.82, 2.24) is 20.5 Å². The molecule has 0 unspecified atom stereocenters. The zero-order valence-corrected chi connectivity index (χ0v) is 7.69. The van der Waals surface area contributed by atoms with E-state index in [1.54, 1.807) is 0 Å². The summed E-state index contributed by atoms with van der Waals surface area (Å²) in [6, 6.07) is 0.196. The number of hydrogen-bond donors (Lipinski definition) is 2. The highest BCUT2D eigenvalue weighted by Gasteiger charge is 2.17. The second kappa shape index (κ2) is 4.19. The summed E-state index contributed by atoms with van der Waals surface area (Å²) in [5.41, 5.74) is 0. The van der Waals surface area contributed by atoms with Gasteiger partial charge in [0.15, 0.2) is 0 Å². The zero-order valence-electron chi connectivity index (χ0n) is 7.69. The van der Waals surface area contributed by atoms with Crippen LogP contribution in [0.15, 0.2) is 6.33 Å². The van der Waals surface area contributed by atoms with E-state index in [0.717, 1.165) is 12.8 Å². The monoisotopic (exact) mass is 196 g/mol. The number of hydrogen-bond acceptors (Lipinski definition) is 4. The van der Waals surface area contributed by atoms with Crippen LogP contribution in [0.5, 0.6) is 0 Å². The van der Waals surface area contributed by atoms with Crippen LogP contribution >= 0.6 is 0 Å². The summed E-state index contributed by atoms with van der Waals surface area (Å²) in [6.07, 6.45) is 3.04. The van der Waals surface area contributed by atoms with Crippen molar-refractivity contribution in [1.29, 1.82) is 0 Å². The van der Waals surface area contributed by atoms with E-state index in [0.29, 0.717) is 13.2 Å². The van der Waals surface area contributed by atoms with E-state index in [9.17, 15) is 4.79 Å². The quantitative estimate of drug-likeness (QED) is 0.681. The molecule has 0 saturated carbocycles. The summed E-state index contributed by atoms with van der Waals surface area (Å²) in [5, 5.41) is 9.01. The second-order valence-corrected chi connectivity index (χ2v) is 3.19. The Morgan fingerprint density at radius 2 is 2.36 bits per heavy atom. The van der Waals surface area contributed by atoms with Gasteiger partial charge in [-0.1, -0.05) is 0 Å². The van der Waals surface area contributed by atoms with Gasteiger partial charge in [0.05, 0.1) is 0 Å². The third-order valence-electron chi connectivity index (χ3n) is 2.19. The Kier molecular flexibility index (Phi) is 2.73. The van der Waals surface area contributed by atoms with Crippen LogP contribution in [0.1, 0.15) is 23.5 Å². The first-order valence-electron chi connectivity index (χ1n) is 4.60. The maximum Gasteiger partial charge on any atom is 0.288 e. The molecule has 1 saturated heterocycles. The second-order valence-electron chi connectivity index (χ2n) is 3.19. The molecule has 0 spiro atoms. The highest BCUT2D eigenvalue weighted by Crippen LogP contribution is 2.06. The summed E-state index contributed by atoms with van der Waals surface area (Å²) >= 11 is 0. The van der Waals surface area contributed by atoms with Gasteiger partial charge in [0.2, 0.25) is 5.82 Å². The molecular weight excluding hydrogens is 184 g/mol. The summed E-state index contributed by atoms with van der Waals surface area (Å²) in [5.74, 6) is 0.0610. The molecule has 0 aromatic carbocycles. The van der Waals surface area contributed by atoms with E-state index in [-0.39, 0.29) is 17.8 Å². The van der Waals surface area contributed by atoms with E-state index in [1.165, 1.54) is 6.33 Å². The lowest BCUT2D eigenvalue weighted by Gasteiger charge is -2.22. The number of nitrogens with one attached hydrogen (secondary N) is 2. The summed E-state index contributed by atoms with van der Waals surface area (Å²) in [6.45, 7) is 1.42. The van der Waals surface area contributed by atoms with Crippen LogP contribution < -0.4 is 5.32 Å². The number of aromatic amines is 1. The van der Waals surface area contributed by atoms with Crippen molar-refractivity contribution >= 4 is 5.91 Å². The molecule has 6 nitrogen and oxygen atoms in total. The number of carbonyl (C=O) groups is 1. The Balaban J connectivity index is 1.87. The van der Waals surface area contributed by atoms with Crippen LogP contribution in [0, 0.1) is 0 Å². The van der Waals surface area contributed by atoms with E-state index < -0.39 is 0 Å². The molecule has 2 rings (SSSR count). The predicted octanol–water partition coefficient (Wildman–Crippen LogP) is -0.287. The van der Waals surface area contributed by atoms with Crippen LogP contribution in [-0.4, -0.2) is 40.3 Å². The maximum absolute atomic E-state index is 11.5.